The summed E-state index contributed by atoms with van der Waals surface area (Å²) in [5.74, 6) is 0.188. The Labute approximate surface area is 158 Å². The summed E-state index contributed by atoms with van der Waals surface area (Å²) in [4.78, 5) is 27.4. The molecular weight excluding hydrogens is 348 g/mol. The summed E-state index contributed by atoms with van der Waals surface area (Å²) in [5, 5.41) is 17.0. The summed E-state index contributed by atoms with van der Waals surface area (Å²) >= 11 is 0. The largest absolute Gasteiger partial charge is 0.496 e. The first kappa shape index (κ1) is 20.3. The van der Waals surface area contributed by atoms with Crippen LogP contribution in [-0.4, -0.2) is 29.5 Å². The number of amides is 1. The normalized spacial score (nSPS) is 11.9. The van der Waals surface area contributed by atoms with Crippen LogP contribution in [0.4, 0.5) is 11.4 Å². The Hall–Kier alpha value is -3.00. The molecule has 0 saturated carbocycles. The van der Waals surface area contributed by atoms with E-state index in [1.54, 1.807) is 12.3 Å². The van der Waals surface area contributed by atoms with Crippen LogP contribution in [0, 0.1) is 23.0 Å². The van der Waals surface area contributed by atoms with Crippen molar-refractivity contribution in [1.29, 1.82) is 0 Å². The van der Waals surface area contributed by atoms with Gasteiger partial charge in [-0.05, 0) is 36.6 Å². The van der Waals surface area contributed by atoms with Crippen LogP contribution in [0.5, 0.6) is 5.75 Å². The number of nitrogens with zero attached hydrogens (tertiary/aromatic N) is 2. The van der Waals surface area contributed by atoms with Gasteiger partial charge in [-0.3, -0.25) is 25.2 Å². The van der Waals surface area contributed by atoms with Gasteiger partial charge in [0.2, 0.25) is 5.91 Å². The topological polar surface area (TPSA) is 106 Å². The van der Waals surface area contributed by atoms with E-state index >= 15 is 0 Å². The second kappa shape index (κ2) is 9.09. The van der Waals surface area contributed by atoms with E-state index in [0.29, 0.717) is 5.75 Å². The number of ether oxygens (including phenoxy) is 1. The van der Waals surface area contributed by atoms with Crippen LogP contribution in [0.3, 0.4) is 0 Å². The number of carbonyl (C=O) groups is 1. The number of rotatable bonds is 8. The van der Waals surface area contributed by atoms with Crippen molar-refractivity contribution in [2.75, 3.05) is 19.0 Å². The van der Waals surface area contributed by atoms with Crippen LogP contribution in [0.2, 0.25) is 0 Å². The van der Waals surface area contributed by atoms with E-state index in [1.165, 1.54) is 19.2 Å². The first-order valence-electron chi connectivity index (χ1n) is 8.60. The van der Waals surface area contributed by atoms with Crippen molar-refractivity contribution >= 4 is 17.3 Å². The maximum atomic E-state index is 12.3. The van der Waals surface area contributed by atoms with Gasteiger partial charge in [-0.25, -0.2) is 0 Å². The number of aryl methyl sites for hydroxylation is 1. The molecule has 1 aromatic carbocycles. The highest BCUT2D eigenvalue weighted by Gasteiger charge is 2.21. The lowest BCUT2D eigenvalue weighted by Crippen LogP contribution is -2.34. The predicted molar refractivity (Wildman–Crippen MR) is 103 cm³/mol. The Kier molecular flexibility index (Phi) is 6.84. The number of hydrogen-bond donors (Lipinski definition) is 2. The van der Waals surface area contributed by atoms with E-state index in [0.717, 1.165) is 11.3 Å². The summed E-state index contributed by atoms with van der Waals surface area (Å²) in [7, 11) is 1.42. The Balaban J connectivity index is 2.09. The highest BCUT2D eigenvalue weighted by Crippen LogP contribution is 2.29. The fraction of sp³-hybridized carbons (Fsp3) is 0.368. The van der Waals surface area contributed by atoms with Crippen LogP contribution >= 0.6 is 0 Å². The molecule has 0 aliphatic carbocycles. The zero-order valence-electron chi connectivity index (χ0n) is 15.9. The number of methoxy groups -OCH3 is 1. The van der Waals surface area contributed by atoms with Crippen molar-refractivity contribution in [3.63, 3.8) is 0 Å². The van der Waals surface area contributed by atoms with Crippen molar-refractivity contribution in [3.8, 4) is 5.75 Å². The van der Waals surface area contributed by atoms with Gasteiger partial charge in [0.15, 0.2) is 0 Å². The summed E-state index contributed by atoms with van der Waals surface area (Å²) in [6.07, 6.45) is 1.72. The lowest BCUT2D eigenvalue weighted by atomic mass is 9.97. The molecule has 2 rings (SSSR count). The number of nitro benzene ring substituents is 1. The maximum Gasteiger partial charge on any atom is 0.296 e. The zero-order chi connectivity index (χ0) is 20.0. The molecule has 1 aromatic heterocycles. The van der Waals surface area contributed by atoms with Gasteiger partial charge in [0.1, 0.15) is 11.4 Å². The van der Waals surface area contributed by atoms with Gasteiger partial charge >= 0.3 is 0 Å². The van der Waals surface area contributed by atoms with Crippen LogP contribution in [0.1, 0.15) is 31.1 Å². The van der Waals surface area contributed by atoms with Crippen molar-refractivity contribution < 1.29 is 14.5 Å². The zero-order valence-corrected chi connectivity index (χ0v) is 15.9. The minimum atomic E-state index is -0.556. The summed E-state index contributed by atoms with van der Waals surface area (Å²) in [6, 6.07) is 8.02. The summed E-state index contributed by atoms with van der Waals surface area (Å²) in [5.41, 5.74) is 1.83. The number of anilines is 1. The van der Waals surface area contributed by atoms with Gasteiger partial charge < -0.3 is 10.1 Å². The van der Waals surface area contributed by atoms with Gasteiger partial charge in [0.05, 0.1) is 36.4 Å². The molecule has 8 heteroatoms. The van der Waals surface area contributed by atoms with Gasteiger partial charge in [0.25, 0.3) is 5.69 Å². The number of hydrogen-bond acceptors (Lipinski definition) is 6. The Morgan fingerprint density at radius 3 is 2.67 bits per heavy atom. The molecule has 0 radical (unpaired) electrons. The van der Waals surface area contributed by atoms with Crippen LogP contribution in [0.15, 0.2) is 36.5 Å². The quantitative estimate of drug-likeness (QED) is 0.544. The number of carbonyl (C=O) groups excluding carboxylic acids is 1. The van der Waals surface area contributed by atoms with Gasteiger partial charge in [-0.2, -0.15) is 0 Å². The molecular formula is C19H24N4O4. The lowest BCUT2D eigenvalue weighted by Gasteiger charge is -2.23. The molecule has 1 unspecified atom stereocenters. The van der Waals surface area contributed by atoms with E-state index in [1.807, 2.05) is 32.9 Å². The van der Waals surface area contributed by atoms with Crippen molar-refractivity contribution in [2.45, 2.75) is 26.8 Å². The molecule has 1 atom stereocenters. The van der Waals surface area contributed by atoms with Crippen molar-refractivity contribution in [3.05, 3.63) is 57.9 Å². The smallest absolute Gasteiger partial charge is 0.296 e. The number of benzene rings is 1. The van der Waals surface area contributed by atoms with Crippen molar-refractivity contribution in [1.82, 2.24) is 10.3 Å². The second-order valence-electron chi connectivity index (χ2n) is 6.50. The van der Waals surface area contributed by atoms with E-state index in [-0.39, 0.29) is 35.8 Å². The average molecular weight is 372 g/mol. The Bertz CT molecular complexity index is 823. The third kappa shape index (κ3) is 5.24. The second-order valence-corrected chi connectivity index (χ2v) is 6.50. The van der Waals surface area contributed by atoms with E-state index in [2.05, 4.69) is 15.6 Å². The summed E-state index contributed by atoms with van der Waals surface area (Å²) in [6.45, 7) is 6.05. The molecule has 0 bridgehead atoms. The minimum absolute atomic E-state index is 0.00203. The standard InChI is InChI=1S/C19H24N4O4/c1-12(2)18(19-13(3)6-5-9-20-19)21-11-17(24)22-15-8-7-14(27-4)10-16(15)23(25)26/h5-10,12,18,21H,11H2,1-4H3,(H,22,24). The van der Waals surface area contributed by atoms with Gasteiger partial charge in [0, 0.05) is 6.20 Å². The molecule has 0 fully saturated rings. The fourth-order valence-electron chi connectivity index (χ4n) is 2.76. The van der Waals surface area contributed by atoms with Crippen LogP contribution in [0.25, 0.3) is 0 Å². The monoisotopic (exact) mass is 372 g/mol. The molecule has 27 heavy (non-hydrogen) atoms. The SMILES string of the molecule is COc1ccc(NC(=O)CNC(c2ncccc2C)C(C)C)c([N+](=O)[O-])c1. The Morgan fingerprint density at radius 1 is 1.33 bits per heavy atom. The molecule has 0 aliphatic heterocycles. The molecule has 0 saturated heterocycles. The van der Waals surface area contributed by atoms with E-state index in [4.69, 9.17) is 4.74 Å². The maximum absolute atomic E-state index is 12.3. The molecule has 1 amide bonds. The first-order valence-corrected chi connectivity index (χ1v) is 8.60. The average Bonchev–Trinajstić information content (AvgIpc) is 2.63. The molecule has 2 aromatic rings. The molecule has 144 valence electrons. The van der Waals surface area contributed by atoms with Gasteiger partial charge in [-0.15, -0.1) is 0 Å². The van der Waals surface area contributed by atoms with E-state index < -0.39 is 4.92 Å². The first-order chi connectivity index (χ1) is 12.8. The highest BCUT2D eigenvalue weighted by molar-refractivity contribution is 5.94. The third-order valence-electron chi connectivity index (χ3n) is 4.17. The lowest BCUT2D eigenvalue weighted by molar-refractivity contribution is -0.384. The van der Waals surface area contributed by atoms with Gasteiger partial charge in [-0.1, -0.05) is 19.9 Å². The molecule has 8 nitrogen and oxygen atoms in total. The number of aromatic nitrogens is 1. The molecule has 0 spiro atoms. The third-order valence-corrected chi connectivity index (χ3v) is 4.17. The number of nitrogens with one attached hydrogen (secondary N) is 2. The number of nitro groups is 1. The minimum Gasteiger partial charge on any atom is -0.496 e. The van der Waals surface area contributed by atoms with Crippen LogP contribution in [-0.2, 0) is 4.79 Å². The summed E-state index contributed by atoms with van der Waals surface area (Å²) < 4.78 is 4.99. The van der Waals surface area contributed by atoms with E-state index in [9.17, 15) is 14.9 Å². The van der Waals surface area contributed by atoms with Crippen molar-refractivity contribution in [2.24, 2.45) is 5.92 Å². The fourth-order valence-corrected chi connectivity index (χ4v) is 2.76. The molecule has 2 N–H and O–H groups in total. The van der Waals surface area contributed by atoms with Crippen LogP contribution < -0.4 is 15.4 Å². The molecule has 1 heterocycles. The Morgan fingerprint density at radius 2 is 2.07 bits per heavy atom. The molecule has 0 aliphatic rings. The highest BCUT2D eigenvalue weighted by atomic mass is 16.6. The number of pyridine rings is 1. The predicted octanol–water partition coefficient (Wildman–Crippen LogP) is 3.23.